The topological polar surface area (TPSA) is 138 Å². The lowest BCUT2D eigenvalue weighted by atomic mass is 10.1. The predicted octanol–water partition coefficient (Wildman–Crippen LogP) is 2.78. The van der Waals surface area contributed by atoms with E-state index in [0.717, 1.165) is 22.5 Å². The summed E-state index contributed by atoms with van der Waals surface area (Å²) in [5, 5.41) is 11.7. The van der Waals surface area contributed by atoms with Crippen LogP contribution >= 0.6 is 11.3 Å². The van der Waals surface area contributed by atoms with Gasteiger partial charge in [0, 0.05) is 18.5 Å². The molecule has 2 amide bonds. The lowest BCUT2D eigenvalue weighted by Gasteiger charge is -2.31. The van der Waals surface area contributed by atoms with Crippen LogP contribution in [0.4, 0.5) is 0 Å². The van der Waals surface area contributed by atoms with Crippen LogP contribution in [0.15, 0.2) is 77.0 Å². The summed E-state index contributed by atoms with van der Waals surface area (Å²) >= 11 is 1.14. The molecule has 9 nitrogen and oxygen atoms in total. The Balaban J connectivity index is 1.99. The maximum atomic E-state index is 13.6. The van der Waals surface area contributed by atoms with Crippen molar-refractivity contribution in [2.24, 2.45) is 5.73 Å². The Kier molecular flexibility index (Phi) is 8.62. The van der Waals surface area contributed by atoms with Gasteiger partial charge in [-0.15, -0.1) is 11.3 Å². The van der Waals surface area contributed by atoms with Crippen molar-refractivity contribution < 1.29 is 27.9 Å². The highest BCUT2D eigenvalue weighted by atomic mass is 32.2. The van der Waals surface area contributed by atoms with Crippen LogP contribution in [0.2, 0.25) is 0 Å². The molecule has 11 heteroatoms. The number of carbonyl (C=O) groups excluding carboxylic acids is 2. The van der Waals surface area contributed by atoms with Crippen LogP contribution in [0.1, 0.15) is 28.5 Å². The normalized spacial score (nSPS) is 13.0. The van der Waals surface area contributed by atoms with Gasteiger partial charge in [0.05, 0.1) is 11.3 Å². The number of sulfonamides is 1. The molecule has 3 rings (SSSR count). The Bertz CT molecular complexity index is 1310. The van der Waals surface area contributed by atoms with Crippen molar-refractivity contribution in [1.29, 1.82) is 0 Å². The molecule has 1 aromatic heterocycles. The van der Waals surface area contributed by atoms with Gasteiger partial charge >= 0.3 is 5.97 Å². The lowest BCUT2D eigenvalue weighted by Crippen LogP contribution is -2.53. The molecular weight excluding hydrogens is 502 g/mol. The molecule has 0 bridgehead atoms. The van der Waals surface area contributed by atoms with Crippen molar-refractivity contribution in [2.75, 3.05) is 7.05 Å². The van der Waals surface area contributed by atoms with Gasteiger partial charge < -0.3 is 15.7 Å². The SMILES string of the molecule is Cc1ccc(S(=O)(=O)N(C(=O)C(N)c2cccs2)[C@@H](CC(=O)N(C)Cc2ccccc2)C(=O)O)cc1. The van der Waals surface area contributed by atoms with Crippen LogP contribution in [0.3, 0.4) is 0 Å². The first-order valence-corrected chi connectivity index (χ1v) is 13.3. The molecule has 1 unspecified atom stereocenters. The third-order valence-electron chi connectivity index (χ3n) is 5.54. The molecular formula is C25H27N3O6S2. The van der Waals surface area contributed by atoms with E-state index in [0.29, 0.717) is 4.88 Å². The van der Waals surface area contributed by atoms with Crippen molar-refractivity contribution in [2.45, 2.75) is 36.9 Å². The Hall–Kier alpha value is -3.54. The van der Waals surface area contributed by atoms with Crippen LogP contribution in [0, 0.1) is 6.92 Å². The molecule has 190 valence electrons. The zero-order valence-electron chi connectivity index (χ0n) is 19.8. The highest BCUT2D eigenvalue weighted by Crippen LogP contribution is 2.27. The molecule has 0 saturated heterocycles. The zero-order chi connectivity index (χ0) is 26.5. The minimum Gasteiger partial charge on any atom is -0.480 e. The third kappa shape index (κ3) is 6.17. The number of nitrogens with two attached hydrogens (primary N) is 1. The van der Waals surface area contributed by atoms with Crippen LogP contribution in [-0.4, -0.2) is 53.6 Å². The maximum absolute atomic E-state index is 13.6. The number of amides is 2. The van der Waals surface area contributed by atoms with Gasteiger partial charge in [-0.2, -0.15) is 0 Å². The first-order chi connectivity index (χ1) is 17.0. The molecule has 36 heavy (non-hydrogen) atoms. The van der Waals surface area contributed by atoms with E-state index in [-0.39, 0.29) is 15.7 Å². The van der Waals surface area contributed by atoms with Crippen LogP contribution in [-0.2, 0) is 31.0 Å². The van der Waals surface area contributed by atoms with Gasteiger partial charge in [0.15, 0.2) is 6.04 Å². The summed E-state index contributed by atoms with van der Waals surface area (Å²) in [7, 11) is -3.19. The summed E-state index contributed by atoms with van der Waals surface area (Å²) in [6.45, 7) is 1.94. The number of hydrogen-bond donors (Lipinski definition) is 2. The summed E-state index contributed by atoms with van der Waals surface area (Å²) < 4.78 is 27.5. The number of carbonyl (C=O) groups is 3. The Labute approximate surface area is 213 Å². The smallest absolute Gasteiger partial charge is 0.328 e. The molecule has 3 N–H and O–H groups in total. The minimum absolute atomic E-state index is 0.180. The number of aliphatic carboxylic acids is 1. The molecule has 0 saturated carbocycles. The van der Waals surface area contributed by atoms with E-state index >= 15 is 0 Å². The van der Waals surface area contributed by atoms with Crippen molar-refractivity contribution in [1.82, 2.24) is 9.21 Å². The fraction of sp³-hybridized carbons (Fsp3) is 0.240. The Morgan fingerprint density at radius 1 is 1.00 bits per heavy atom. The predicted molar refractivity (Wildman–Crippen MR) is 135 cm³/mol. The van der Waals surface area contributed by atoms with Gasteiger partial charge in [-0.3, -0.25) is 9.59 Å². The van der Waals surface area contributed by atoms with Crippen molar-refractivity contribution in [3.63, 3.8) is 0 Å². The first kappa shape index (κ1) is 27.1. The lowest BCUT2D eigenvalue weighted by molar-refractivity contribution is -0.149. The number of carboxylic acid groups (broad SMARTS) is 1. The van der Waals surface area contributed by atoms with E-state index in [4.69, 9.17) is 5.73 Å². The average Bonchev–Trinajstić information content (AvgIpc) is 3.38. The van der Waals surface area contributed by atoms with E-state index in [1.165, 1.54) is 36.2 Å². The number of benzene rings is 2. The molecule has 0 aliphatic carbocycles. The summed E-state index contributed by atoms with van der Waals surface area (Å²) in [4.78, 5) is 40.2. The molecule has 1 heterocycles. The fourth-order valence-electron chi connectivity index (χ4n) is 3.53. The maximum Gasteiger partial charge on any atom is 0.328 e. The summed E-state index contributed by atoms with van der Waals surface area (Å²) in [6, 6.07) is 14.4. The quantitative estimate of drug-likeness (QED) is 0.412. The molecule has 0 fully saturated rings. The van der Waals surface area contributed by atoms with E-state index in [2.05, 4.69) is 0 Å². The standard InChI is InChI=1S/C25H27N3O6S2/c1-17-10-12-19(13-11-17)36(33,34)28(24(30)23(26)21-9-6-14-35-21)20(25(31)32)15-22(29)27(2)16-18-7-4-3-5-8-18/h3-14,20,23H,15-16,26H2,1-2H3,(H,31,32)/t20-,23?/m0/s1. The second-order valence-corrected chi connectivity index (χ2v) is 11.0. The highest BCUT2D eigenvalue weighted by Gasteiger charge is 2.43. The third-order valence-corrected chi connectivity index (χ3v) is 8.31. The molecule has 2 atom stereocenters. The number of nitrogens with zero attached hydrogens (tertiary/aromatic N) is 2. The van der Waals surface area contributed by atoms with E-state index in [1.807, 2.05) is 6.07 Å². The van der Waals surface area contributed by atoms with E-state index < -0.39 is 46.3 Å². The highest BCUT2D eigenvalue weighted by molar-refractivity contribution is 7.89. The second kappa shape index (κ2) is 11.5. The first-order valence-electron chi connectivity index (χ1n) is 11.0. The van der Waals surface area contributed by atoms with Gasteiger partial charge in [-0.1, -0.05) is 54.1 Å². The van der Waals surface area contributed by atoms with Gasteiger partial charge in [-0.25, -0.2) is 17.5 Å². The van der Waals surface area contributed by atoms with Crippen LogP contribution in [0.5, 0.6) is 0 Å². The number of carboxylic acids is 1. The second-order valence-electron chi connectivity index (χ2n) is 8.24. The van der Waals surface area contributed by atoms with Gasteiger partial charge in [0.25, 0.3) is 15.9 Å². The zero-order valence-corrected chi connectivity index (χ0v) is 21.4. The van der Waals surface area contributed by atoms with Crippen LogP contribution in [0.25, 0.3) is 0 Å². The van der Waals surface area contributed by atoms with Gasteiger partial charge in [-0.05, 0) is 36.1 Å². The molecule has 0 spiro atoms. The number of hydrogen-bond acceptors (Lipinski definition) is 7. The molecule has 0 aliphatic heterocycles. The van der Waals surface area contributed by atoms with E-state index in [1.54, 1.807) is 48.7 Å². The molecule has 2 aromatic carbocycles. The Morgan fingerprint density at radius 2 is 1.64 bits per heavy atom. The monoisotopic (exact) mass is 529 g/mol. The van der Waals surface area contributed by atoms with Crippen molar-refractivity contribution in [3.05, 3.63) is 88.1 Å². The van der Waals surface area contributed by atoms with Crippen LogP contribution < -0.4 is 5.73 Å². The summed E-state index contributed by atoms with van der Waals surface area (Å²) in [6.07, 6.45) is -0.757. The minimum atomic E-state index is -4.67. The molecule has 3 aromatic rings. The Morgan fingerprint density at radius 3 is 2.19 bits per heavy atom. The number of thiophene rings is 1. The van der Waals surface area contributed by atoms with Gasteiger partial charge in [0.1, 0.15) is 6.04 Å². The molecule has 0 radical (unpaired) electrons. The van der Waals surface area contributed by atoms with E-state index in [9.17, 15) is 27.9 Å². The number of aryl methyl sites for hydroxylation is 1. The summed E-state index contributed by atoms with van der Waals surface area (Å²) in [5.41, 5.74) is 7.66. The summed E-state index contributed by atoms with van der Waals surface area (Å²) in [5.74, 6) is -3.42. The molecule has 0 aliphatic rings. The number of rotatable bonds is 10. The van der Waals surface area contributed by atoms with Crippen molar-refractivity contribution in [3.8, 4) is 0 Å². The van der Waals surface area contributed by atoms with Gasteiger partial charge in [0.2, 0.25) is 5.91 Å². The van der Waals surface area contributed by atoms with Crippen molar-refractivity contribution >= 4 is 39.1 Å². The fourth-order valence-corrected chi connectivity index (χ4v) is 5.80. The largest absolute Gasteiger partial charge is 0.480 e. The average molecular weight is 530 g/mol.